The molecule has 5 rings (SSSR count). The summed E-state index contributed by atoms with van der Waals surface area (Å²) < 4.78 is 28.0. The first kappa shape index (κ1) is 18.6. The van der Waals surface area contributed by atoms with Crippen molar-refractivity contribution in [1.29, 1.82) is 0 Å². The highest BCUT2D eigenvalue weighted by atomic mass is 32.2. The molecule has 1 aromatic carbocycles. The number of sulfonamides is 1. The van der Waals surface area contributed by atoms with Crippen molar-refractivity contribution in [2.75, 3.05) is 31.9 Å². The summed E-state index contributed by atoms with van der Waals surface area (Å²) in [5.41, 5.74) is 1.23. The van der Waals surface area contributed by atoms with E-state index in [0.29, 0.717) is 25.3 Å². The number of aryl methyl sites for hydroxylation is 1. The molecule has 0 spiro atoms. The number of carbonyl (C=O) groups excluding carboxylic acids is 2. The Hall–Kier alpha value is -2.46. The molecule has 1 saturated carbocycles. The summed E-state index contributed by atoms with van der Waals surface area (Å²) in [4.78, 5) is 29.9. The third-order valence-electron chi connectivity index (χ3n) is 6.06. The summed E-state index contributed by atoms with van der Waals surface area (Å²) in [6, 6.07) is 6.70. The summed E-state index contributed by atoms with van der Waals surface area (Å²) in [6.07, 6.45) is 1.44. The van der Waals surface area contributed by atoms with Crippen molar-refractivity contribution in [2.45, 2.75) is 24.9 Å². The van der Waals surface area contributed by atoms with Crippen molar-refractivity contribution < 1.29 is 18.0 Å². The van der Waals surface area contributed by atoms with E-state index in [1.807, 2.05) is 29.2 Å². The van der Waals surface area contributed by atoms with E-state index in [9.17, 15) is 18.0 Å². The van der Waals surface area contributed by atoms with Crippen LogP contribution in [-0.2, 0) is 21.9 Å². The van der Waals surface area contributed by atoms with Gasteiger partial charge in [0.05, 0.1) is 11.3 Å². The number of fused-ring (bicyclic) bond motifs is 2. The van der Waals surface area contributed by atoms with Crippen LogP contribution in [0.1, 0.15) is 23.3 Å². The van der Waals surface area contributed by atoms with Crippen LogP contribution in [0.4, 0.5) is 0 Å². The average Bonchev–Trinajstić information content (AvgIpc) is 3.49. The fourth-order valence-electron chi connectivity index (χ4n) is 4.36. The minimum Gasteiger partial charge on any atom is -0.334 e. The maximum Gasteiger partial charge on any atom is 0.275 e. The van der Waals surface area contributed by atoms with Crippen LogP contribution in [-0.4, -0.2) is 88.1 Å². The Bertz CT molecular complexity index is 1110. The number of para-hydroxylation sites is 1. The fourth-order valence-corrected chi connectivity index (χ4v) is 6.08. The van der Waals surface area contributed by atoms with Crippen LogP contribution in [0.5, 0.6) is 0 Å². The van der Waals surface area contributed by atoms with Gasteiger partial charge in [0, 0.05) is 44.7 Å². The number of nitrogens with zero attached hydrogens (tertiary/aromatic N) is 5. The van der Waals surface area contributed by atoms with Gasteiger partial charge in [-0.3, -0.25) is 19.2 Å². The van der Waals surface area contributed by atoms with Crippen molar-refractivity contribution in [2.24, 2.45) is 7.05 Å². The van der Waals surface area contributed by atoms with Gasteiger partial charge < -0.3 is 4.90 Å². The van der Waals surface area contributed by atoms with Gasteiger partial charge in [-0.25, -0.2) is 12.7 Å². The second kappa shape index (κ2) is 6.53. The van der Waals surface area contributed by atoms with Gasteiger partial charge >= 0.3 is 0 Å². The summed E-state index contributed by atoms with van der Waals surface area (Å²) in [5.74, 6) is -0.669. The average molecular weight is 417 g/mol. The molecule has 0 N–H and O–H groups in total. The van der Waals surface area contributed by atoms with Gasteiger partial charge in [-0.2, -0.15) is 5.10 Å². The third-order valence-corrected chi connectivity index (χ3v) is 7.83. The van der Waals surface area contributed by atoms with Gasteiger partial charge in [-0.05, 0) is 18.9 Å². The topological polar surface area (TPSA) is 95.8 Å². The number of aromatic nitrogens is 2. The monoisotopic (exact) mass is 417 g/mol. The first-order valence-corrected chi connectivity index (χ1v) is 11.5. The minimum atomic E-state index is -3.60. The molecule has 1 aromatic heterocycles. The van der Waals surface area contributed by atoms with E-state index in [4.69, 9.17) is 0 Å². The Labute approximate surface area is 168 Å². The Kier molecular flexibility index (Phi) is 4.18. The molecule has 3 heterocycles. The van der Waals surface area contributed by atoms with Crippen molar-refractivity contribution in [3.8, 4) is 0 Å². The lowest BCUT2D eigenvalue weighted by Gasteiger charge is -2.39. The molecule has 3 aliphatic rings. The molecule has 2 aliphatic heterocycles. The van der Waals surface area contributed by atoms with E-state index >= 15 is 0 Å². The van der Waals surface area contributed by atoms with Crippen LogP contribution in [0.3, 0.4) is 0 Å². The predicted octanol–water partition coefficient (Wildman–Crippen LogP) is 0.0341. The van der Waals surface area contributed by atoms with Gasteiger partial charge in [0.1, 0.15) is 6.04 Å². The van der Waals surface area contributed by atoms with Crippen molar-refractivity contribution in [1.82, 2.24) is 23.9 Å². The van der Waals surface area contributed by atoms with Gasteiger partial charge in [-0.15, -0.1) is 0 Å². The summed E-state index contributed by atoms with van der Waals surface area (Å²) in [7, 11) is -1.80. The quantitative estimate of drug-likeness (QED) is 0.684. The van der Waals surface area contributed by atoms with E-state index in [2.05, 4.69) is 5.10 Å². The molecule has 10 heteroatoms. The number of piperazine rings is 1. The Morgan fingerprint density at radius 2 is 1.90 bits per heavy atom. The smallest absolute Gasteiger partial charge is 0.275 e. The van der Waals surface area contributed by atoms with Gasteiger partial charge in [0.25, 0.3) is 11.8 Å². The van der Waals surface area contributed by atoms with Crippen LogP contribution < -0.4 is 0 Å². The van der Waals surface area contributed by atoms with Crippen LogP contribution in [0, 0.1) is 0 Å². The molecule has 2 aromatic rings. The van der Waals surface area contributed by atoms with E-state index in [1.54, 1.807) is 16.6 Å². The number of rotatable bonds is 2. The molecule has 0 bridgehead atoms. The minimum absolute atomic E-state index is 0.0510. The summed E-state index contributed by atoms with van der Waals surface area (Å²) in [6.45, 7) is 1.41. The molecule has 2 saturated heterocycles. The number of carbonyl (C=O) groups is 2. The first-order chi connectivity index (χ1) is 13.9. The fraction of sp³-hybridized carbons (Fsp3) is 0.526. The van der Waals surface area contributed by atoms with Gasteiger partial charge in [-0.1, -0.05) is 18.2 Å². The Morgan fingerprint density at radius 1 is 1.14 bits per heavy atom. The van der Waals surface area contributed by atoms with Crippen LogP contribution in [0.25, 0.3) is 10.9 Å². The maximum atomic E-state index is 13.2. The van der Waals surface area contributed by atoms with Crippen LogP contribution in [0.2, 0.25) is 0 Å². The largest absolute Gasteiger partial charge is 0.334 e. The molecule has 1 atom stereocenters. The van der Waals surface area contributed by atoms with E-state index in [-0.39, 0.29) is 24.2 Å². The van der Waals surface area contributed by atoms with E-state index in [0.717, 1.165) is 28.0 Å². The highest BCUT2D eigenvalue weighted by molar-refractivity contribution is 7.89. The first-order valence-electron chi connectivity index (χ1n) is 9.88. The SMILES string of the molecule is Cn1nc(C(=O)N2CCN3CCS(=O)(=O)N(C4CC4)C(=O)C3C2)c2ccccc21. The zero-order chi connectivity index (χ0) is 20.3. The highest BCUT2D eigenvalue weighted by Gasteiger charge is 2.48. The van der Waals surface area contributed by atoms with Gasteiger partial charge in [0.2, 0.25) is 10.0 Å². The molecule has 2 amide bonds. The van der Waals surface area contributed by atoms with E-state index < -0.39 is 22.0 Å². The molecule has 1 aliphatic carbocycles. The predicted molar refractivity (Wildman–Crippen MR) is 106 cm³/mol. The number of amides is 2. The lowest BCUT2D eigenvalue weighted by Crippen LogP contribution is -2.59. The third kappa shape index (κ3) is 3.01. The molecule has 0 radical (unpaired) electrons. The normalized spacial score (nSPS) is 25.1. The van der Waals surface area contributed by atoms with Crippen molar-refractivity contribution in [3.05, 3.63) is 30.0 Å². The Morgan fingerprint density at radius 3 is 2.66 bits per heavy atom. The lowest BCUT2D eigenvalue weighted by atomic mass is 10.1. The van der Waals surface area contributed by atoms with Crippen LogP contribution in [0.15, 0.2) is 24.3 Å². The standard InChI is InChI=1S/C19H23N5O4S/c1-21-15-5-3-2-4-14(15)17(20-21)19(26)23-9-8-22-10-11-29(27,28)24(13-6-7-13)18(25)16(22)12-23/h2-5,13,16H,6-12H2,1H3. The number of benzene rings is 1. The molecular formula is C19H23N5O4S. The second-order valence-electron chi connectivity index (χ2n) is 7.97. The molecular weight excluding hydrogens is 394 g/mol. The number of hydrogen-bond donors (Lipinski definition) is 0. The van der Waals surface area contributed by atoms with Crippen molar-refractivity contribution >= 4 is 32.7 Å². The second-order valence-corrected chi connectivity index (χ2v) is 9.94. The zero-order valence-electron chi connectivity index (χ0n) is 16.2. The molecule has 1 unspecified atom stereocenters. The molecule has 154 valence electrons. The highest BCUT2D eigenvalue weighted by Crippen LogP contribution is 2.33. The van der Waals surface area contributed by atoms with E-state index in [1.165, 1.54) is 0 Å². The van der Waals surface area contributed by atoms with Crippen molar-refractivity contribution in [3.63, 3.8) is 0 Å². The zero-order valence-corrected chi connectivity index (χ0v) is 17.0. The molecule has 3 fully saturated rings. The molecule has 9 nitrogen and oxygen atoms in total. The Balaban J connectivity index is 1.44. The maximum absolute atomic E-state index is 13.2. The summed E-state index contributed by atoms with van der Waals surface area (Å²) in [5, 5.41) is 5.18. The van der Waals surface area contributed by atoms with Crippen LogP contribution >= 0.6 is 0 Å². The number of hydrogen-bond acceptors (Lipinski definition) is 6. The molecule has 29 heavy (non-hydrogen) atoms. The summed E-state index contributed by atoms with van der Waals surface area (Å²) >= 11 is 0. The lowest BCUT2D eigenvalue weighted by molar-refractivity contribution is -0.133. The van der Waals surface area contributed by atoms with Gasteiger partial charge in [0.15, 0.2) is 5.69 Å².